The summed E-state index contributed by atoms with van der Waals surface area (Å²) >= 11 is 5.99. The van der Waals surface area contributed by atoms with Crippen molar-refractivity contribution < 1.29 is 27.4 Å². The summed E-state index contributed by atoms with van der Waals surface area (Å²) in [5, 5.41) is -0.00235. The van der Waals surface area contributed by atoms with Gasteiger partial charge >= 0.3 is 5.97 Å². The average molecular weight is 400 g/mol. The third-order valence-corrected chi connectivity index (χ3v) is 5.44. The van der Waals surface area contributed by atoms with Crippen molar-refractivity contribution in [3.63, 3.8) is 0 Å². The Bertz CT molecular complexity index is 913. The molecule has 0 bridgehead atoms. The van der Waals surface area contributed by atoms with Crippen LogP contribution in [0.3, 0.4) is 0 Å². The Kier molecular flexibility index (Phi) is 6.47. The predicted molar refractivity (Wildman–Crippen MR) is 96.4 cm³/mol. The van der Waals surface area contributed by atoms with E-state index in [9.17, 15) is 13.2 Å². The van der Waals surface area contributed by atoms with E-state index in [0.717, 1.165) is 0 Å². The molecule has 0 amide bonds. The normalized spacial score (nSPS) is 11.1. The van der Waals surface area contributed by atoms with Gasteiger partial charge in [-0.15, -0.1) is 0 Å². The number of carbonyl (C=O) groups is 1. The van der Waals surface area contributed by atoms with Crippen molar-refractivity contribution in [1.82, 2.24) is 4.72 Å². The van der Waals surface area contributed by atoms with Gasteiger partial charge in [-0.3, -0.25) is 0 Å². The van der Waals surface area contributed by atoms with Crippen molar-refractivity contribution in [3.8, 4) is 11.5 Å². The van der Waals surface area contributed by atoms with Crippen LogP contribution in [-0.4, -0.2) is 35.7 Å². The quantitative estimate of drug-likeness (QED) is 0.720. The van der Waals surface area contributed by atoms with Crippen LogP contribution in [0.15, 0.2) is 41.3 Å². The lowest BCUT2D eigenvalue weighted by atomic mass is 10.2. The van der Waals surface area contributed by atoms with Crippen LogP contribution >= 0.6 is 11.6 Å². The topological polar surface area (TPSA) is 90.9 Å². The molecule has 0 saturated carbocycles. The van der Waals surface area contributed by atoms with Gasteiger partial charge in [0.15, 0.2) is 11.5 Å². The Balaban J connectivity index is 2.25. The molecule has 0 aliphatic carbocycles. The van der Waals surface area contributed by atoms with Gasteiger partial charge in [0, 0.05) is 6.54 Å². The molecule has 2 aromatic rings. The Morgan fingerprint density at radius 1 is 1.04 bits per heavy atom. The molecule has 7 nitrogen and oxygen atoms in total. The van der Waals surface area contributed by atoms with Crippen LogP contribution < -0.4 is 14.2 Å². The van der Waals surface area contributed by atoms with Crippen LogP contribution in [0.25, 0.3) is 0 Å². The highest BCUT2D eigenvalue weighted by atomic mass is 35.5. The third-order valence-electron chi connectivity index (χ3n) is 3.56. The van der Waals surface area contributed by atoms with E-state index in [1.807, 2.05) is 0 Å². The van der Waals surface area contributed by atoms with Gasteiger partial charge in [-0.05, 0) is 35.9 Å². The Morgan fingerprint density at radius 2 is 1.73 bits per heavy atom. The first kappa shape index (κ1) is 20.0. The molecule has 0 radical (unpaired) electrons. The number of esters is 1. The molecule has 26 heavy (non-hydrogen) atoms. The maximum atomic E-state index is 12.6. The van der Waals surface area contributed by atoms with E-state index in [0.29, 0.717) is 17.1 Å². The first-order chi connectivity index (χ1) is 12.3. The largest absolute Gasteiger partial charge is 0.493 e. The minimum atomic E-state index is -3.95. The Hall–Kier alpha value is -2.29. The highest BCUT2D eigenvalue weighted by molar-refractivity contribution is 7.89. The van der Waals surface area contributed by atoms with Gasteiger partial charge in [-0.1, -0.05) is 17.7 Å². The number of benzene rings is 2. The van der Waals surface area contributed by atoms with E-state index in [1.54, 1.807) is 18.2 Å². The maximum absolute atomic E-state index is 12.6. The smallest absolute Gasteiger partial charge is 0.337 e. The second-order valence-electron chi connectivity index (χ2n) is 5.15. The zero-order valence-corrected chi connectivity index (χ0v) is 16.0. The molecule has 0 aliphatic heterocycles. The average Bonchev–Trinajstić information content (AvgIpc) is 2.65. The summed E-state index contributed by atoms with van der Waals surface area (Å²) in [5.41, 5.74) is 0.745. The van der Waals surface area contributed by atoms with Gasteiger partial charge in [-0.25, -0.2) is 17.9 Å². The first-order valence-electron chi connectivity index (χ1n) is 7.40. The fourth-order valence-electron chi connectivity index (χ4n) is 2.20. The van der Waals surface area contributed by atoms with Crippen LogP contribution in [0.4, 0.5) is 0 Å². The summed E-state index contributed by atoms with van der Waals surface area (Å²) in [6.07, 6.45) is 0. The predicted octanol–water partition coefficient (Wildman–Crippen LogP) is 2.62. The molecule has 140 valence electrons. The number of halogens is 1. The zero-order chi connectivity index (χ0) is 19.3. The number of sulfonamides is 1. The Labute approximate surface area is 156 Å². The SMILES string of the molecule is COC(=O)c1ccc(Cl)c(S(=O)(=O)NCc2ccc(OC)c(OC)c2)c1. The van der Waals surface area contributed by atoms with E-state index in [2.05, 4.69) is 9.46 Å². The van der Waals surface area contributed by atoms with Crippen LogP contribution in [0.2, 0.25) is 5.02 Å². The van der Waals surface area contributed by atoms with E-state index in [-0.39, 0.29) is 22.0 Å². The van der Waals surface area contributed by atoms with Gasteiger partial charge in [-0.2, -0.15) is 0 Å². The monoisotopic (exact) mass is 399 g/mol. The summed E-state index contributed by atoms with van der Waals surface area (Å²) in [4.78, 5) is 11.4. The lowest BCUT2D eigenvalue weighted by Gasteiger charge is -2.12. The molecule has 0 unspecified atom stereocenters. The molecule has 0 atom stereocenters. The van der Waals surface area contributed by atoms with Gasteiger partial charge in [0.2, 0.25) is 10.0 Å². The number of hydrogen-bond donors (Lipinski definition) is 1. The van der Waals surface area contributed by atoms with Gasteiger partial charge in [0.1, 0.15) is 4.90 Å². The summed E-state index contributed by atoms with van der Waals surface area (Å²) in [6.45, 7) is 0.00146. The zero-order valence-electron chi connectivity index (χ0n) is 14.4. The molecular weight excluding hydrogens is 382 g/mol. The summed E-state index contributed by atoms with van der Waals surface area (Å²) in [7, 11) is 0.259. The van der Waals surface area contributed by atoms with Crippen molar-refractivity contribution in [3.05, 3.63) is 52.5 Å². The molecule has 1 N–H and O–H groups in total. The van der Waals surface area contributed by atoms with Gasteiger partial charge < -0.3 is 14.2 Å². The van der Waals surface area contributed by atoms with Crippen LogP contribution in [0, 0.1) is 0 Å². The number of hydrogen-bond acceptors (Lipinski definition) is 6. The second kappa shape index (κ2) is 8.39. The molecule has 0 aliphatic rings. The van der Waals surface area contributed by atoms with Crippen molar-refractivity contribution in [2.75, 3.05) is 21.3 Å². The van der Waals surface area contributed by atoms with Crippen molar-refractivity contribution in [1.29, 1.82) is 0 Å². The highest BCUT2D eigenvalue weighted by Crippen LogP contribution is 2.28. The first-order valence-corrected chi connectivity index (χ1v) is 9.27. The van der Waals surface area contributed by atoms with Crippen LogP contribution in [-0.2, 0) is 21.3 Å². The fourth-order valence-corrected chi connectivity index (χ4v) is 3.74. The number of nitrogens with one attached hydrogen (secondary N) is 1. The summed E-state index contributed by atoms with van der Waals surface area (Å²) in [6, 6.07) is 8.93. The lowest BCUT2D eigenvalue weighted by Crippen LogP contribution is -2.24. The minimum Gasteiger partial charge on any atom is -0.493 e. The van der Waals surface area contributed by atoms with E-state index >= 15 is 0 Å². The molecule has 0 heterocycles. The number of rotatable bonds is 7. The summed E-state index contributed by atoms with van der Waals surface area (Å²) in [5.74, 6) is 0.362. The maximum Gasteiger partial charge on any atom is 0.337 e. The number of ether oxygens (including phenoxy) is 3. The Morgan fingerprint density at radius 3 is 2.35 bits per heavy atom. The molecule has 9 heteroatoms. The van der Waals surface area contributed by atoms with Gasteiger partial charge in [0.05, 0.1) is 31.9 Å². The molecule has 0 aromatic heterocycles. The highest BCUT2D eigenvalue weighted by Gasteiger charge is 2.20. The molecule has 0 spiro atoms. The standard InChI is InChI=1S/C17H18ClNO6S/c1-23-14-7-4-11(8-15(14)24-2)10-19-26(21,22)16-9-12(17(20)25-3)5-6-13(16)18/h4-9,19H,10H2,1-3H3. The second-order valence-corrected chi connectivity index (χ2v) is 7.29. The van der Waals surface area contributed by atoms with Crippen molar-refractivity contribution >= 4 is 27.6 Å². The molecule has 2 rings (SSSR count). The van der Waals surface area contributed by atoms with E-state index < -0.39 is 16.0 Å². The van der Waals surface area contributed by atoms with Crippen molar-refractivity contribution in [2.45, 2.75) is 11.4 Å². The summed E-state index contributed by atoms with van der Waals surface area (Å²) < 4.78 is 42.5. The van der Waals surface area contributed by atoms with E-state index in [1.165, 1.54) is 39.5 Å². The van der Waals surface area contributed by atoms with Crippen LogP contribution in [0.1, 0.15) is 15.9 Å². The number of carbonyl (C=O) groups excluding carboxylic acids is 1. The molecule has 2 aromatic carbocycles. The van der Waals surface area contributed by atoms with Crippen molar-refractivity contribution in [2.24, 2.45) is 0 Å². The fraction of sp³-hybridized carbons (Fsp3) is 0.235. The molecular formula is C17H18ClNO6S. The number of methoxy groups -OCH3 is 3. The van der Waals surface area contributed by atoms with Gasteiger partial charge in [0.25, 0.3) is 0 Å². The van der Waals surface area contributed by atoms with Crippen LogP contribution in [0.5, 0.6) is 11.5 Å². The minimum absolute atomic E-state index is 0.00146. The molecule has 0 fully saturated rings. The molecule has 0 saturated heterocycles. The van der Waals surface area contributed by atoms with E-state index in [4.69, 9.17) is 21.1 Å². The lowest BCUT2D eigenvalue weighted by molar-refractivity contribution is 0.0600. The third kappa shape index (κ3) is 4.46.